The average molecular weight is 222 g/mol. The van der Waals surface area contributed by atoms with Crippen molar-refractivity contribution in [1.29, 1.82) is 0 Å². The molecule has 16 heavy (non-hydrogen) atoms. The van der Waals surface area contributed by atoms with Gasteiger partial charge < -0.3 is 14.6 Å². The van der Waals surface area contributed by atoms with E-state index in [4.69, 9.17) is 14.6 Å². The van der Waals surface area contributed by atoms with E-state index < -0.39 is 5.97 Å². The fourth-order valence-corrected chi connectivity index (χ4v) is 1.44. The zero-order chi connectivity index (χ0) is 11.4. The number of carboxylic acids is 1. The molecule has 0 aromatic heterocycles. The zero-order valence-corrected chi connectivity index (χ0v) is 8.89. The Morgan fingerprint density at radius 2 is 2.25 bits per heavy atom. The topological polar surface area (TPSA) is 59.1 Å². The summed E-state index contributed by atoms with van der Waals surface area (Å²) in [4.78, 5) is 10.5. The van der Waals surface area contributed by atoms with Crippen molar-refractivity contribution in [3.8, 4) is 5.75 Å². The second kappa shape index (κ2) is 4.99. The Hall–Kier alpha value is -1.55. The molecular weight excluding hydrogens is 208 g/mol. The Morgan fingerprint density at radius 1 is 1.50 bits per heavy atom. The van der Waals surface area contributed by atoms with E-state index in [1.165, 1.54) is 0 Å². The third kappa shape index (κ3) is 3.24. The summed E-state index contributed by atoms with van der Waals surface area (Å²) in [5.41, 5.74) is 0.936. The predicted octanol–water partition coefficient (Wildman–Crippen LogP) is 1.48. The molecule has 0 radical (unpaired) electrons. The van der Waals surface area contributed by atoms with Crippen LogP contribution in [0.3, 0.4) is 0 Å². The van der Waals surface area contributed by atoms with Crippen molar-refractivity contribution in [1.82, 2.24) is 0 Å². The molecule has 0 amide bonds. The molecule has 1 atom stereocenters. The molecule has 0 saturated carbocycles. The van der Waals surface area contributed by atoms with Gasteiger partial charge in [-0.25, -0.2) is 0 Å². The number of ether oxygens (including phenoxy) is 2. The molecule has 4 nitrogen and oxygen atoms in total. The van der Waals surface area contributed by atoms with Crippen molar-refractivity contribution < 1.29 is 19.4 Å². The number of epoxide rings is 1. The molecule has 1 unspecified atom stereocenters. The SMILES string of the molecule is O=C(O)CCc1ccccc1OCC1CO1. The van der Waals surface area contributed by atoms with E-state index in [2.05, 4.69) is 0 Å². The summed E-state index contributed by atoms with van der Waals surface area (Å²) < 4.78 is 10.6. The highest BCUT2D eigenvalue weighted by Crippen LogP contribution is 2.21. The van der Waals surface area contributed by atoms with Crippen molar-refractivity contribution in [2.24, 2.45) is 0 Å². The highest BCUT2D eigenvalue weighted by Gasteiger charge is 2.23. The van der Waals surface area contributed by atoms with Crippen LogP contribution < -0.4 is 4.74 Å². The Morgan fingerprint density at radius 3 is 2.94 bits per heavy atom. The molecule has 86 valence electrons. The van der Waals surface area contributed by atoms with Gasteiger partial charge in [-0.1, -0.05) is 18.2 Å². The highest BCUT2D eigenvalue weighted by molar-refractivity contribution is 5.67. The fourth-order valence-electron chi connectivity index (χ4n) is 1.44. The number of benzene rings is 1. The van der Waals surface area contributed by atoms with Crippen LogP contribution in [0, 0.1) is 0 Å². The standard InChI is InChI=1S/C12H14O4/c13-12(14)6-5-9-3-1-2-4-11(9)16-8-10-7-15-10/h1-4,10H,5-8H2,(H,13,14). The molecule has 2 rings (SSSR count). The van der Waals surface area contributed by atoms with Gasteiger partial charge in [0.2, 0.25) is 0 Å². The first-order chi connectivity index (χ1) is 7.75. The van der Waals surface area contributed by atoms with Gasteiger partial charge >= 0.3 is 5.97 Å². The van der Waals surface area contributed by atoms with Crippen molar-refractivity contribution in [3.05, 3.63) is 29.8 Å². The second-order valence-corrected chi connectivity index (χ2v) is 3.77. The first kappa shape index (κ1) is 11.0. The average Bonchev–Trinajstić information content (AvgIpc) is 3.08. The molecule has 1 aliphatic rings. The minimum atomic E-state index is -0.791. The summed E-state index contributed by atoms with van der Waals surface area (Å²) in [5.74, 6) is -0.0282. The zero-order valence-electron chi connectivity index (χ0n) is 8.89. The van der Waals surface area contributed by atoms with Gasteiger partial charge in [-0.05, 0) is 18.1 Å². The summed E-state index contributed by atoms with van der Waals surface area (Å²) in [6.45, 7) is 1.31. The van der Waals surface area contributed by atoms with E-state index in [9.17, 15) is 4.79 Å². The third-order valence-electron chi connectivity index (χ3n) is 2.41. The first-order valence-corrected chi connectivity index (χ1v) is 5.30. The van der Waals surface area contributed by atoms with Gasteiger partial charge in [0, 0.05) is 6.42 Å². The number of carboxylic acid groups (broad SMARTS) is 1. The maximum absolute atomic E-state index is 10.5. The van der Waals surface area contributed by atoms with Crippen LogP contribution in [0.2, 0.25) is 0 Å². The van der Waals surface area contributed by atoms with Gasteiger partial charge in [0.15, 0.2) is 0 Å². The maximum atomic E-state index is 10.5. The Balaban J connectivity index is 1.94. The summed E-state index contributed by atoms with van der Waals surface area (Å²) in [7, 11) is 0. The van der Waals surface area contributed by atoms with Crippen LogP contribution in [0.4, 0.5) is 0 Å². The second-order valence-electron chi connectivity index (χ2n) is 3.77. The van der Waals surface area contributed by atoms with Gasteiger partial charge in [0.1, 0.15) is 18.5 Å². The molecule has 1 fully saturated rings. The summed E-state index contributed by atoms with van der Waals surface area (Å²) in [5, 5.41) is 8.63. The van der Waals surface area contributed by atoms with Gasteiger partial charge in [-0.3, -0.25) is 4.79 Å². The minimum Gasteiger partial charge on any atom is -0.491 e. The van der Waals surface area contributed by atoms with E-state index >= 15 is 0 Å². The Labute approximate surface area is 93.8 Å². The van der Waals surface area contributed by atoms with E-state index in [0.717, 1.165) is 17.9 Å². The Bertz CT molecular complexity index is 371. The number of rotatable bonds is 6. The first-order valence-electron chi connectivity index (χ1n) is 5.30. The fraction of sp³-hybridized carbons (Fsp3) is 0.417. The molecule has 1 N–H and O–H groups in total. The van der Waals surface area contributed by atoms with Crippen LogP contribution >= 0.6 is 0 Å². The number of para-hydroxylation sites is 1. The number of aliphatic carboxylic acids is 1. The molecular formula is C12H14O4. The van der Waals surface area contributed by atoms with E-state index in [1.807, 2.05) is 24.3 Å². The molecule has 1 saturated heterocycles. The van der Waals surface area contributed by atoms with Gasteiger partial charge in [0.05, 0.1) is 6.61 Å². The van der Waals surface area contributed by atoms with Crippen LogP contribution in [0.25, 0.3) is 0 Å². The smallest absolute Gasteiger partial charge is 0.303 e. The summed E-state index contributed by atoms with van der Waals surface area (Å²) in [6.07, 6.45) is 0.838. The molecule has 1 aromatic rings. The lowest BCUT2D eigenvalue weighted by Crippen LogP contribution is -2.06. The van der Waals surface area contributed by atoms with Crippen molar-refractivity contribution >= 4 is 5.97 Å². The lowest BCUT2D eigenvalue weighted by molar-refractivity contribution is -0.136. The highest BCUT2D eigenvalue weighted by atomic mass is 16.6. The van der Waals surface area contributed by atoms with Crippen molar-refractivity contribution in [2.75, 3.05) is 13.2 Å². The number of carbonyl (C=O) groups is 1. The predicted molar refractivity (Wildman–Crippen MR) is 57.6 cm³/mol. The van der Waals surface area contributed by atoms with E-state index in [0.29, 0.717) is 13.0 Å². The quantitative estimate of drug-likeness (QED) is 0.741. The molecule has 1 heterocycles. The van der Waals surface area contributed by atoms with Crippen LogP contribution in [0.1, 0.15) is 12.0 Å². The molecule has 4 heteroatoms. The monoisotopic (exact) mass is 222 g/mol. The number of hydrogen-bond donors (Lipinski definition) is 1. The molecule has 0 aliphatic carbocycles. The normalized spacial score (nSPS) is 18.1. The van der Waals surface area contributed by atoms with Crippen LogP contribution in [0.15, 0.2) is 24.3 Å². The number of aryl methyl sites for hydroxylation is 1. The summed E-state index contributed by atoms with van der Waals surface area (Å²) >= 11 is 0. The summed E-state index contributed by atoms with van der Waals surface area (Å²) in [6, 6.07) is 7.52. The van der Waals surface area contributed by atoms with E-state index in [-0.39, 0.29) is 12.5 Å². The molecule has 1 aliphatic heterocycles. The van der Waals surface area contributed by atoms with Gasteiger partial charge in [-0.2, -0.15) is 0 Å². The lowest BCUT2D eigenvalue weighted by atomic mass is 10.1. The van der Waals surface area contributed by atoms with Crippen LogP contribution in [-0.4, -0.2) is 30.4 Å². The van der Waals surface area contributed by atoms with Crippen molar-refractivity contribution in [3.63, 3.8) is 0 Å². The van der Waals surface area contributed by atoms with Gasteiger partial charge in [0.25, 0.3) is 0 Å². The maximum Gasteiger partial charge on any atom is 0.303 e. The van der Waals surface area contributed by atoms with E-state index in [1.54, 1.807) is 0 Å². The number of hydrogen-bond acceptors (Lipinski definition) is 3. The van der Waals surface area contributed by atoms with Crippen molar-refractivity contribution in [2.45, 2.75) is 18.9 Å². The van der Waals surface area contributed by atoms with Crippen LogP contribution in [-0.2, 0) is 16.0 Å². The van der Waals surface area contributed by atoms with Gasteiger partial charge in [-0.15, -0.1) is 0 Å². The molecule has 0 spiro atoms. The largest absolute Gasteiger partial charge is 0.491 e. The third-order valence-corrected chi connectivity index (χ3v) is 2.41. The lowest BCUT2D eigenvalue weighted by Gasteiger charge is -2.09. The molecule has 1 aromatic carbocycles. The Kier molecular flexibility index (Phi) is 3.41. The van der Waals surface area contributed by atoms with Crippen LogP contribution in [0.5, 0.6) is 5.75 Å². The minimum absolute atomic E-state index is 0.125. The molecule has 0 bridgehead atoms.